The number of thioether (sulfide) groups is 1. The molecule has 0 aliphatic rings. The number of hydrogen-bond acceptors (Lipinski definition) is 5. The zero-order chi connectivity index (χ0) is 17.5. The largest absolute Gasteiger partial charge is 0.493 e. The molecule has 130 valence electrons. The lowest BCUT2D eigenvalue weighted by Crippen LogP contribution is -2.45. The zero-order valence-electron chi connectivity index (χ0n) is 14.6. The summed E-state index contributed by atoms with van der Waals surface area (Å²) in [6, 6.07) is 5.35. The topological polar surface area (TPSA) is 73.6 Å². The van der Waals surface area contributed by atoms with Crippen LogP contribution in [0.4, 0.5) is 0 Å². The summed E-state index contributed by atoms with van der Waals surface area (Å²) in [5.74, 6) is 2.15. The first-order chi connectivity index (χ1) is 10.9. The van der Waals surface area contributed by atoms with Crippen molar-refractivity contribution in [2.75, 3.05) is 32.8 Å². The summed E-state index contributed by atoms with van der Waals surface area (Å²) in [7, 11) is 3.22. The summed E-state index contributed by atoms with van der Waals surface area (Å²) in [6.45, 7) is 4.65. The smallest absolute Gasteiger partial charge is 0.236 e. The molecule has 6 heteroatoms. The van der Waals surface area contributed by atoms with E-state index < -0.39 is 6.04 Å². The third-order valence-electron chi connectivity index (χ3n) is 3.84. The van der Waals surface area contributed by atoms with Crippen LogP contribution in [0.25, 0.3) is 0 Å². The molecule has 1 aromatic rings. The molecule has 5 nitrogen and oxygen atoms in total. The molecule has 0 aliphatic carbocycles. The molecular formula is C17H28N2O3S. The van der Waals surface area contributed by atoms with Gasteiger partial charge in [-0.05, 0) is 36.1 Å². The van der Waals surface area contributed by atoms with Gasteiger partial charge in [0.05, 0.1) is 20.3 Å². The Hall–Kier alpha value is -1.40. The maximum atomic E-state index is 12.1. The standard InChI is InChI=1S/C17H28N2O3S/c1-17(2,11-19-16(20)13(18)8-9-23-5)12-6-7-14(21-3)15(10-12)22-4/h6-7,10,13H,8-9,11,18H2,1-5H3,(H,19,20)/t13-/m0/s1. The summed E-state index contributed by atoms with van der Waals surface area (Å²) in [5.41, 5.74) is 6.71. The second-order valence-corrected chi connectivity index (χ2v) is 7.05. The van der Waals surface area contributed by atoms with E-state index in [1.807, 2.05) is 24.5 Å². The van der Waals surface area contributed by atoms with Gasteiger partial charge in [-0.15, -0.1) is 0 Å². The molecule has 0 spiro atoms. The molecule has 0 aliphatic heterocycles. The van der Waals surface area contributed by atoms with Crippen LogP contribution in [0.2, 0.25) is 0 Å². The van der Waals surface area contributed by atoms with Crippen molar-refractivity contribution in [3.8, 4) is 11.5 Å². The molecule has 0 heterocycles. The van der Waals surface area contributed by atoms with Gasteiger partial charge in [0, 0.05) is 12.0 Å². The van der Waals surface area contributed by atoms with Crippen LogP contribution < -0.4 is 20.5 Å². The number of rotatable bonds is 9. The van der Waals surface area contributed by atoms with E-state index in [1.54, 1.807) is 26.0 Å². The van der Waals surface area contributed by atoms with E-state index in [2.05, 4.69) is 19.2 Å². The third kappa shape index (κ3) is 5.62. The Morgan fingerprint density at radius 2 is 1.96 bits per heavy atom. The minimum Gasteiger partial charge on any atom is -0.493 e. The minimum absolute atomic E-state index is 0.104. The van der Waals surface area contributed by atoms with E-state index in [0.717, 1.165) is 11.3 Å². The molecule has 23 heavy (non-hydrogen) atoms. The predicted octanol–water partition coefficient (Wildman–Crippen LogP) is 2.18. The number of amides is 1. The van der Waals surface area contributed by atoms with Crippen molar-refractivity contribution in [3.63, 3.8) is 0 Å². The van der Waals surface area contributed by atoms with Crippen LogP contribution in [-0.4, -0.2) is 44.7 Å². The highest BCUT2D eigenvalue weighted by Gasteiger charge is 2.24. The molecule has 0 saturated carbocycles. The molecule has 1 amide bonds. The Balaban J connectivity index is 2.73. The molecule has 0 fully saturated rings. The molecule has 0 saturated heterocycles. The van der Waals surface area contributed by atoms with Gasteiger partial charge in [-0.3, -0.25) is 4.79 Å². The van der Waals surface area contributed by atoms with Crippen LogP contribution >= 0.6 is 11.8 Å². The first-order valence-corrected chi connectivity index (χ1v) is 9.00. The summed E-state index contributed by atoms with van der Waals surface area (Å²) in [5, 5.41) is 2.95. The molecule has 0 aromatic heterocycles. The quantitative estimate of drug-likeness (QED) is 0.721. The van der Waals surface area contributed by atoms with Crippen LogP contribution in [0.5, 0.6) is 11.5 Å². The summed E-state index contributed by atoms with van der Waals surface area (Å²) >= 11 is 1.69. The predicted molar refractivity (Wildman–Crippen MR) is 96.6 cm³/mol. The SMILES string of the molecule is COc1ccc(C(C)(C)CNC(=O)[C@@H](N)CCSC)cc1OC. The summed E-state index contributed by atoms with van der Waals surface area (Å²) in [6.07, 6.45) is 2.69. The van der Waals surface area contributed by atoms with Crippen LogP contribution in [0.1, 0.15) is 25.8 Å². The number of carbonyl (C=O) groups excluding carboxylic acids is 1. The molecule has 0 unspecified atom stereocenters. The fourth-order valence-electron chi connectivity index (χ4n) is 2.17. The molecular weight excluding hydrogens is 312 g/mol. The Labute approximate surface area is 143 Å². The highest BCUT2D eigenvalue weighted by molar-refractivity contribution is 7.98. The van der Waals surface area contributed by atoms with E-state index in [4.69, 9.17) is 15.2 Å². The van der Waals surface area contributed by atoms with Crippen LogP contribution in [0.15, 0.2) is 18.2 Å². The van der Waals surface area contributed by atoms with Gasteiger partial charge >= 0.3 is 0 Å². The number of nitrogens with two attached hydrogens (primary N) is 1. The van der Waals surface area contributed by atoms with Crippen molar-refractivity contribution in [3.05, 3.63) is 23.8 Å². The molecule has 1 aromatic carbocycles. The lowest BCUT2D eigenvalue weighted by molar-refractivity contribution is -0.122. The monoisotopic (exact) mass is 340 g/mol. The van der Waals surface area contributed by atoms with Crippen LogP contribution in [-0.2, 0) is 10.2 Å². The highest BCUT2D eigenvalue weighted by atomic mass is 32.2. The second kappa shape index (κ2) is 9.03. The lowest BCUT2D eigenvalue weighted by atomic mass is 9.84. The van der Waals surface area contributed by atoms with Gasteiger partial charge in [0.2, 0.25) is 5.91 Å². The van der Waals surface area contributed by atoms with Gasteiger partial charge in [0.25, 0.3) is 0 Å². The van der Waals surface area contributed by atoms with E-state index in [9.17, 15) is 4.79 Å². The molecule has 1 rings (SSSR count). The maximum absolute atomic E-state index is 12.1. The number of carbonyl (C=O) groups is 1. The van der Waals surface area contributed by atoms with Gasteiger partial charge in [-0.1, -0.05) is 19.9 Å². The average molecular weight is 340 g/mol. The van der Waals surface area contributed by atoms with Gasteiger partial charge < -0.3 is 20.5 Å². The van der Waals surface area contributed by atoms with Crippen LogP contribution in [0.3, 0.4) is 0 Å². The molecule has 1 atom stereocenters. The molecule has 0 radical (unpaired) electrons. The van der Waals surface area contributed by atoms with Crippen molar-refractivity contribution in [2.45, 2.75) is 31.7 Å². The number of methoxy groups -OCH3 is 2. The number of ether oxygens (including phenoxy) is 2. The van der Waals surface area contributed by atoms with Crippen molar-refractivity contribution in [1.82, 2.24) is 5.32 Å². The first kappa shape index (κ1) is 19.6. The summed E-state index contributed by atoms with van der Waals surface area (Å²) in [4.78, 5) is 12.1. The van der Waals surface area contributed by atoms with Gasteiger partial charge in [-0.2, -0.15) is 11.8 Å². The van der Waals surface area contributed by atoms with Crippen molar-refractivity contribution < 1.29 is 14.3 Å². The van der Waals surface area contributed by atoms with Crippen molar-refractivity contribution in [1.29, 1.82) is 0 Å². The maximum Gasteiger partial charge on any atom is 0.236 e. The molecule has 3 N–H and O–H groups in total. The Kier molecular flexibility index (Phi) is 7.72. The van der Waals surface area contributed by atoms with Gasteiger partial charge in [0.1, 0.15) is 0 Å². The fourth-order valence-corrected chi connectivity index (χ4v) is 2.66. The van der Waals surface area contributed by atoms with E-state index in [-0.39, 0.29) is 11.3 Å². The second-order valence-electron chi connectivity index (χ2n) is 6.06. The Morgan fingerprint density at radius 1 is 1.30 bits per heavy atom. The van der Waals surface area contributed by atoms with Crippen molar-refractivity contribution >= 4 is 17.7 Å². The van der Waals surface area contributed by atoms with Crippen molar-refractivity contribution in [2.24, 2.45) is 5.73 Å². The number of benzene rings is 1. The number of hydrogen-bond donors (Lipinski definition) is 2. The van der Waals surface area contributed by atoms with Crippen LogP contribution in [0, 0.1) is 0 Å². The average Bonchev–Trinajstić information content (AvgIpc) is 2.56. The van der Waals surface area contributed by atoms with E-state index in [1.165, 1.54) is 0 Å². The van der Waals surface area contributed by atoms with Gasteiger partial charge in [-0.25, -0.2) is 0 Å². The van der Waals surface area contributed by atoms with E-state index in [0.29, 0.717) is 24.5 Å². The van der Waals surface area contributed by atoms with Gasteiger partial charge in [0.15, 0.2) is 11.5 Å². The Bertz CT molecular complexity index is 521. The first-order valence-electron chi connectivity index (χ1n) is 7.60. The lowest BCUT2D eigenvalue weighted by Gasteiger charge is -2.27. The zero-order valence-corrected chi connectivity index (χ0v) is 15.5. The highest BCUT2D eigenvalue weighted by Crippen LogP contribution is 2.32. The van der Waals surface area contributed by atoms with E-state index >= 15 is 0 Å². The summed E-state index contributed by atoms with van der Waals surface area (Å²) < 4.78 is 10.6. The number of nitrogens with one attached hydrogen (secondary N) is 1. The Morgan fingerprint density at radius 3 is 2.52 bits per heavy atom. The normalized spacial score (nSPS) is 12.6. The minimum atomic E-state index is -0.455. The molecule has 0 bridgehead atoms. The fraction of sp³-hybridized carbons (Fsp3) is 0.588. The third-order valence-corrected chi connectivity index (χ3v) is 4.48.